The van der Waals surface area contributed by atoms with E-state index in [1.165, 1.54) is 6.20 Å². The standard InChI is InChI=1S/C8H7ClNO4P/c9-5-2-1-3-6-8(5)7(4-10-6)14-15(11,12)13/h1-4,10H,(H2,11,12,13). The Kier molecular flexibility index (Phi) is 2.48. The fraction of sp³-hybridized carbons (Fsp3) is 0. The molecule has 0 amide bonds. The third-order valence-corrected chi connectivity index (χ3v) is 2.59. The molecule has 15 heavy (non-hydrogen) atoms. The number of rotatable bonds is 2. The van der Waals surface area contributed by atoms with E-state index < -0.39 is 7.82 Å². The quantitative estimate of drug-likeness (QED) is 0.711. The molecule has 1 aromatic carbocycles. The molecule has 1 aromatic heterocycles. The average Bonchev–Trinajstić information content (AvgIpc) is 2.47. The molecule has 2 aromatic rings. The summed E-state index contributed by atoms with van der Waals surface area (Å²) in [5.74, 6) is 0.0453. The maximum absolute atomic E-state index is 10.7. The predicted molar refractivity (Wildman–Crippen MR) is 56.0 cm³/mol. The van der Waals surface area contributed by atoms with Gasteiger partial charge in [0.2, 0.25) is 0 Å². The van der Waals surface area contributed by atoms with E-state index in [1.807, 2.05) is 0 Å². The van der Waals surface area contributed by atoms with Gasteiger partial charge in [0.05, 0.1) is 15.9 Å². The van der Waals surface area contributed by atoms with E-state index in [4.69, 9.17) is 21.4 Å². The van der Waals surface area contributed by atoms with Gasteiger partial charge in [-0.05, 0) is 12.1 Å². The summed E-state index contributed by atoms with van der Waals surface area (Å²) in [5.41, 5.74) is 0.658. The van der Waals surface area contributed by atoms with Crippen LogP contribution in [0.2, 0.25) is 5.02 Å². The molecule has 0 radical (unpaired) electrons. The number of hydrogen-bond donors (Lipinski definition) is 3. The van der Waals surface area contributed by atoms with Gasteiger partial charge in [-0.2, -0.15) is 0 Å². The van der Waals surface area contributed by atoms with Crippen molar-refractivity contribution in [3.05, 3.63) is 29.4 Å². The molecule has 0 aliphatic heterocycles. The highest BCUT2D eigenvalue weighted by atomic mass is 35.5. The molecule has 0 aliphatic rings. The maximum Gasteiger partial charge on any atom is 0.524 e. The zero-order valence-electron chi connectivity index (χ0n) is 7.35. The molecule has 0 unspecified atom stereocenters. The van der Waals surface area contributed by atoms with Gasteiger partial charge in [-0.25, -0.2) is 4.57 Å². The number of nitrogens with one attached hydrogen (secondary N) is 1. The van der Waals surface area contributed by atoms with Crippen molar-refractivity contribution in [2.24, 2.45) is 0 Å². The lowest BCUT2D eigenvalue weighted by atomic mass is 10.2. The van der Waals surface area contributed by atoms with Crippen molar-refractivity contribution in [1.29, 1.82) is 0 Å². The van der Waals surface area contributed by atoms with Gasteiger partial charge in [0, 0.05) is 6.20 Å². The van der Waals surface area contributed by atoms with Gasteiger partial charge in [0.1, 0.15) is 0 Å². The van der Waals surface area contributed by atoms with E-state index in [0.29, 0.717) is 15.9 Å². The van der Waals surface area contributed by atoms with Crippen LogP contribution in [0, 0.1) is 0 Å². The van der Waals surface area contributed by atoms with Crippen LogP contribution in [0.25, 0.3) is 10.9 Å². The van der Waals surface area contributed by atoms with Crippen molar-refractivity contribution in [3.8, 4) is 5.75 Å². The zero-order chi connectivity index (χ0) is 11.1. The van der Waals surface area contributed by atoms with Gasteiger partial charge < -0.3 is 9.51 Å². The maximum atomic E-state index is 10.7. The first-order chi connectivity index (χ1) is 6.97. The van der Waals surface area contributed by atoms with Crippen molar-refractivity contribution in [2.75, 3.05) is 0 Å². The Morgan fingerprint density at radius 1 is 1.40 bits per heavy atom. The van der Waals surface area contributed by atoms with Crippen molar-refractivity contribution in [3.63, 3.8) is 0 Å². The lowest BCUT2D eigenvalue weighted by Crippen LogP contribution is -1.88. The molecular formula is C8H7ClNO4P. The third-order valence-electron chi connectivity index (χ3n) is 1.84. The number of phosphoric acid groups is 1. The Morgan fingerprint density at radius 2 is 2.13 bits per heavy atom. The molecule has 0 aliphatic carbocycles. The third kappa shape index (κ3) is 2.16. The highest BCUT2D eigenvalue weighted by molar-refractivity contribution is 7.46. The van der Waals surface area contributed by atoms with Crippen molar-refractivity contribution in [1.82, 2.24) is 4.98 Å². The van der Waals surface area contributed by atoms with Crippen LogP contribution in [0.3, 0.4) is 0 Å². The lowest BCUT2D eigenvalue weighted by Gasteiger charge is -2.05. The molecule has 5 nitrogen and oxygen atoms in total. The van der Waals surface area contributed by atoms with E-state index in [1.54, 1.807) is 18.2 Å². The zero-order valence-corrected chi connectivity index (χ0v) is 9.00. The first-order valence-electron chi connectivity index (χ1n) is 3.98. The second kappa shape index (κ2) is 3.54. The summed E-state index contributed by atoms with van der Waals surface area (Å²) in [5, 5.41) is 0.833. The van der Waals surface area contributed by atoms with Crippen LogP contribution < -0.4 is 4.52 Å². The van der Waals surface area contributed by atoms with Gasteiger partial charge in [-0.3, -0.25) is 9.79 Å². The van der Waals surface area contributed by atoms with Crippen LogP contribution in [0.4, 0.5) is 0 Å². The molecule has 0 saturated heterocycles. The monoisotopic (exact) mass is 247 g/mol. The molecule has 3 N–H and O–H groups in total. The van der Waals surface area contributed by atoms with Crippen LogP contribution in [0.1, 0.15) is 0 Å². The summed E-state index contributed by atoms with van der Waals surface area (Å²) < 4.78 is 15.2. The van der Waals surface area contributed by atoms with E-state index >= 15 is 0 Å². The van der Waals surface area contributed by atoms with Crippen molar-refractivity contribution >= 4 is 30.3 Å². The number of hydrogen-bond acceptors (Lipinski definition) is 2. The van der Waals surface area contributed by atoms with E-state index in [-0.39, 0.29) is 5.75 Å². The number of aromatic nitrogens is 1. The fourth-order valence-corrected chi connectivity index (χ4v) is 1.98. The van der Waals surface area contributed by atoms with Crippen LogP contribution in [0.5, 0.6) is 5.75 Å². The number of halogens is 1. The lowest BCUT2D eigenvalue weighted by molar-refractivity contribution is 0.284. The normalized spacial score (nSPS) is 11.9. The van der Waals surface area contributed by atoms with Gasteiger partial charge in [-0.1, -0.05) is 17.7 Å². The van der Waals surface area contributed by atoms with Crippen LogP contribution in [-0.2, 0) is 4.57 Å². The molecule has 1 heterocycles. The largest absolute Gasteiger partial charge is 0.524 e. The summed E-state index contributed by atoms with van der Waals surface area (Å²) in [6.45, 7) is 0. The second-order valence-corrected chi connectivity index (χ2v) is 4.47. The molecule has 0 bridgehead atoms. The fourth-order valence-electron chi connectivity index (χ4n) is 1.31. The Hall–Kier alpha value is -1.00. The average molecular weight is 248 g/mol. The Balaban J connectivity index is 2.58. The SMILES string of the molecule is O=P(O)(O)Oc1c[nH]c2cccc(Cl)c12. The molecule has 80 valence electrons. The molecular weight excluding hydrogens is 241 g/mol. The number of phosphoric ester groups is 1. The van der Waals surface area contributed by atoms with E-state index in [2.05, 4.69) is 9.51 Å². The summed E-state index contributed by atoms with van der Waals surface area (Å²) in [7, 11) is -4.56. The van der Waals surface area contributed by atoms with Crippen LogP contribution in [-0.4, -0.2) is 14.8 Å². The molecule has 0 spiro atoms. The van der Waals surface area contributed by atoms with Crippen LogP contribution in [0.15, 0.2) is 24.4 Å². The first-order valence-corrected chi connectivity index (χ1v) is 5.89. The molecule has 0 atom stereocenters. The number of H-pyrrole nitrogens is 1. The minimum atomic E-state index is -4.56. The number of benzene rings is 1. The molecule has 2 rings (SSSR count). The van der Waals surface area contributed by atoms with Gasteiger partial charge >= 0.3 is 7.82 Å². The Bertz CT molecular complexity index is 547. The van der Waals surface area contributed by atoms with Gasteiger partial charge in [0.25, 0.3) is 0 Å². The number of fused-ring (bicyclic) bond motifs is 1. The summed E-state index contributed by atoms with van der Waals surface area (Å²) >= 11 is 5.88. The minimum absolute atomic E-state index is 0.0453. The highest BCUT2D eigenvalue weighted by Gasteiger charge is 2.19. The minimum Gasteiger partial charge on any atom is -0.402 e. The molecule has 7 heteroatoms. The van der Waals surface area contributed by atoms with Crippen LogP contribution >= 0.6 is 19.4 Å². The predicted octanol–water partition coefficient (Wildman–Crippen LogP) is 2.29. The topological polar surface area (TPSA) is 82.6 Å². The number of aromatic amines is 1. The smallest absolute Gasteiger partial charge is 0.402 e. The Labute approximate surface area is 89.9 Å². The van der Waals surface area contributed by atoms with Crippen molar-refractivity contribution in [2.45, 2.75) is 0 Å². The first kappa shape index (κ1) is 10.5. The summed E-state index contributed by atoms with van der Waals surface area (Å²) in [4.78, 5) is 20.1. The van der Waals surface area contributed by atoms with Gasteiger partial charge in [-0.15, -0.1) is 0 Å². The van der Waals surface area contributed by atoms with Crippen molar-refractivity contribution < 1.29 is 18.9 Å². The molecule has 0 saturated carbocycles. The summed E-state index contributed by atoms with van der Waals surface area (Å²) in [6, 6.07) is 5.07. The molecule has 0 fully saturated rings. The van der Waals surface area contributed by atoms with E-state index in [0.717, 1.165) is 0 Å². The highest BCUT2D eigenvalue weighted by Crippen LogP contribution is 2.42. The van der Waals surface area contributed by atoms with E-state index in [9.17, 15) is 4.57 Å². The summed E-state index contributed by atoms with van der Waals surface area (Å²) in [6.07, 6.45) is 1.36. The van der Waals surface area contributed by atoms with Gasteiger partial charge in [0.15, 0.2) is 5.75 Å². The Morgan fingerprint density at radius 3 is 2.80 bits per heavy atom. The second-order valence-electron chi connectivity index (χ2n) is 2.90.